The fraction of sp³-hybridized carbons (Fsp3) is 0.111. The molecule has 6 aromatic rings. The first kappa shape index (κ1) is 34.3. The average Bonchev–Trinajstić information content (AvgIpc) is 3.55. The number of hydrogen-bond acceptors (Lipinski definition) is 2. The van der Waals surface area contributed by atoms with E-state index in [0.717, 1.165) is 0 Å². The third kappa shape index (κ3) is 13.2. The number of carboxylic acid groups (broad SMARTS) is 2. The van der Waals surface area contributed by atoms with Crippen LogP contribution in [0.2, 0.25) is 13.1 Å². The van der Waals surface area contributed by atoms with Crippen LogP contribution in [0.15, 0.2) is 133 Å². The maximum absolute atomic E-state index is 10.2. The van der Waals surface area contributed by atoms with Crippen molar-refractivity contribution >= 4 is 38.9 Å². The zero-order chi connectivity index (χ0) is 30.9. The van der Waals surface area contributed by atoms with E-state index in [1.165, 1.54) is 32.7 Å². The summed E-state index contributed by atoms with van der Waals surface area (Å²) < 4.78 is 0. The molecule has 2 N–H and O–H groups in total. The van der Waals surface area contributed by atoms with Crippen LogP contribution in [0.25, 0.3) is 21.5 Å². The second kappa shape index (κ2) is 18.5. The number of fused-ring (bicyclic) bond motifs is 2. The van der Waals surface area contributed by atoms with Gasteiger partial charge in [0.15, 0.2) is 0 Å². The normalized spacial score (nSPS) is 9.48. The molecule has 0 atom stereocenters. The van der Waals surface area contributed by atoms with Gasteiger partial charge in [-0.05, 0) is 24.3 Å². The molecule has 0 unspecified atom stereocenters. The molecule has 0 aliphatic carbocycles. The van der Waals surface area contributed by atoms with E-state index in [1.807, 2.05) is 0 Å². The van der Waals surface area contributed by atoms with E-state index in [-0.39, 0.29) is 5.43 Å². The summed E-state index contributed by atoms with van der Waals surface area (Å²) in [6, 6.07) is 42.3. The topological polar surface area (TPSA) is 74.6 Å². The number of aryl methyl sites for hydroxylation is 2. The molecule has 0 amide bonds. The van der Waals surface area contributed by atoms with Gasteiger partial charge >= 0.3 is 53.8 Å². The van der Waals surface area contributed by atoms with Crippen LogP contribution in [0.4, 0.5) is 0 Å². The molecule has 0 spiro atoms. The van der Waals surface area contributed by atoms with Gasteiger partial charge in [-0.25, -0.2) is 9.59 Å². The standard InChI is InChI=1S/2C10H9.2C7H6O2.C2H6Si.Zr/c2*1-8-6-9-4-2-3-5-10(9)7-8;2*8-7(9)6-4-2-1-3-5-6;1-3-2;/h2*2-7H,1H3;2*1-5H,(H,8,9);1-2H3;/q2*-1;;;;+2. The van der Waals surface area contributed by atoms with Crippen molar-refractivity contribution in [3.63, 3.8) is 0 Å². The third-order valence-electron chi connectivity index (χ3n) is 5.57. The number of hydrogen-bond donors (Lipinski definition) is 2. The SMILES string of the molecule is C[Si](C)=[Zr+2].Cc1cc2ccccc2[cH-]1.Cc1cc2ccccc2[cH-]1.O=C(O)c1ccccc1.O=C(O)c1ccccc1. The van der Waals surface area contributed by atoms with Crippen molar-refractivity contribution in [3.05, 3.63) is 156 Å². The quantitative estimate of drug-likeness (QED) is 0.145. The molecule has 0 aliphatic heterocycles. The Balaban J connectivity index is 0.000000188. The molecule has 6 rings (SSSR count). The predicted octanol–water partition coefficient (Wildman–Crippen LogP) is 9.29. The van der Waals surface area contributed by atoms with Crippen molar-refractivity contribution in [1.82, 2.24) is 0 Å². The van der Waals surface area contributed by atoms with Crippen molar-refractivity contribution in [3.8, 4) is 0 Å². The summed E-state index contributed by atoms with van der Waals surface area (Å²) in [5.41, 5.74) is 3.57. The molecule has 0 aromatic heterocycles. The van der Waals surface area contributed by atoms with Crippen molar-refractivity contribution in [2.24, 2.45) is 0 Å². The van der Waals surface area contributed by atoms with Crippen molar-refractivity contribution in [1.29, 1.82) is 0 Å². The predicted molar refractivity (Wildman–Crippen MR) is 173 cm³/mol. The van der Waals surface area contributed by atoms with Crippen molar-refractivity contribution < 1.29 is 43.1 Å². The molecule has 0 aliphatic rings. The zero-order valence-corrected chi connectivity index (χ0v) is 27.9. The summed E-state index contributed by atoms with van der Waals surface area (Å²) in [7, 11) is 0. The number of benzene rings is 4. The molecule has 0 saturated heterocycles. The van der Waals surface area contributed by atoms with Crippen molar-refractivity contribution in [2.45, 2.75) is 26.9 Å². The van der Waals surface area contributed by atoms with E-state index in [1.54, 1.807) is 84.0 Å². The summed E-state index contributed by atoms with van der Waals surface area (Å²) in [5, 5.41) is 22.2. The molecule has 0 saturated carbocycles. The smallest absolute Gasteiger partial charge is 0.335 e. The summed E-state index contributed by atoms with van der Waals surface area (Å²) in [4.78, 5) is 20.4. The Kier molecular flexibility index (Phi) is 15.2. The molecule has 0 bridgehead atoms. The number of carboxylic acids is 2. The molecular formula is C36H36O4SiZr. The van der Waals surface area contributed by atoms with Gasteiger partial charge in [-0.1, -0.05) is 62.4 Å². The van der Waals surface area contributed by atoms with Crippen LogP contribution < -0.4 is 0 Å². The van der Waals surface area contributed by atoms with Gasteiger partial charge in [-0.3, -0.25) is 0 Å². The average molecular weight is 652 g/mol. The number of carbonyl (C=O) groups is 2. The van der Waals surface area contributed by atoms with E-state index < -0.39 is 11.9 Å². The van der Waals surface area contributed by atoms with E-state index in [9.17, 15) is 9.59 Å². The van der Waals surface area contributed by atoms with Gasteiger partial charge in [0, 0.05) is 0 Å². The second-order valence-electron chi connectivity index (χ2n) is 9.67. The van der Waals surface area contributed by atoms with Gasteiger partial charge in [0.25, 0.3) is 0 Å². The van der Waals surface area contributed by atoms with Gasteiger partial charge in [-0.15, -0.1) is 81.2 Å². The first-order valence-corrected chi connectivity index (χ1v) is 19.6. The van der Waals surface area contributed by atoms with Crippen LogP contribution in [0.1, 0.15) is 31.8 Å². The minimum atomic E-state index is -0.879. The summed E-state index contributed by atoms with van der Waals surface area (Å²) in [5.74, 6) is -1.76. The molecule has 4 nitrogen and oxygen atoms in total. The first-order chi connectivity index (χ1) is 20.1. The Bertz CT molecular complexity index is 1490. The number of aromatic carboxylic acids is 2. The number of rotatable bonds is 2. The molecule has 212 valence electrons. The molecule has 0 heterocycles. The minimum Gasteiger partial charge on any atom is -0.478 e. The van der Waals surface area contributed by atoms with Gasteiger partial charge in [-0.2, -0.15) is 12.1 Å². The van der Waals surface area contributed by atoms with Crippen LogP contribution in [0, 0.1) is 13.8 Å². The van der Waals surface area contributed by atoms with Gasteiger partial charge in [0.05, 0.1) is 11.1 Å². The third-order valence-corrected chi connectivity index (χ3v) is 5.57. The van der Waals surface area contributed by atoms with Crippen LogP contribution in [0.3, 0.4) is 0 Å². The first-order valence-electron chi connectivity index (χ1n) is 13.4. The van der Waals surface area contributed by atoms with E-state index in [0.29, 0.717) is 11.1 Å². The van der Waals surface area contributed by atoms with Crippen molar-refractivity contribution in [2.75, 3.05) is 0 Å². The monoisotopic (exact) mass is 650 g/mol. The van der Waals surface area contributed by atoms with Crippen LogP contribution in [0.5, 0.6) is 0 Å². The van der Waals surface area contributed by atoms with Gasteiger partial charge in [0.1, 0.15) is 0 Å². The van der Waals surface area contributed by atoms with Crippen LogP contribution in [-0.2, 0) is 23.3 Å². The molecular weight excluding hydrogens is 616 g/mol. The minimum absolute atomic E-state index is 0.210. The molecule has 0 fully saturated rings. The summed E-state index contributed by atoms with van der Waals surface area (Å²) in [6.07, 6.45) is 0. The fourth-order valence-electron chi connectivity index (χ4n) is 3.77. The summed E-state index contributed by atoms with van der Waals surface area (Å²) in [6.45, 7) is 8.87. The molecule has 6 heteroatoms. The second-order valence-corrected chi connectivity index (χ2v) is 19.0. The Morgan fingerprint density at radius 2 is 0.857 bits per heavy atom. The molecule has 0 radical (unpaired) electrons. The fourth-order valence-corrected chi connectivity index (χ4v) is 3.77. The summed E-state index contributed by atoms with van der Waals surface area (Å²) >= 11 is 1.74. The maximum atomic E-state index is 10.2. The molecule has 6 aromatic carbocycles. The van der Waals surface area contributed by atoms with Gasteiger partial charge < -0.3 is 10.2 Å². The van der Waals surface area contributed by atoms with Gasteiger partial charge in [0.2, 0.25) is 0 Å². The maximum Gasteiger partial charge on any atom is 0.335 e. The Hall–Kier alpha value is -3.86. The van der Waals surface area contributed by atoms with E-state index >= 15 is 0 Å². The van der Waals surface area contributed by atoms with E-state index in [2.05, 4.69) is 99.7 Å². The van der Waals surface area contributed by atoms with Crippen LogP contribution in [-0.4, -0.2) is 27.6 Å². The van der Waals surface area contributed by atoms with E-state index in [4.69, 9.17) is 10.2 Å². The Morgan fingerprint density at radius 1 is 0.571 bits per heavy atom. The molecule has 42 heavy (non-hydrogen) atoms. The Labute approximate surface area is 263 Å². The van der Waals surface area contributed by atoms with Crippen LogP contribution >= 0.6 is 0 Å². The Morgan fingerprint density at radius 3 is 1.12 bits per heavy atom. The zero-order valence-electron chi connectivity index (χ0n) is 24.4. The largest absolute Gasteiger partial charge is 0.478 e.